The predicted octanol–water partition coefficient (Wildman–Crippen LogP) is 0.228. The van der Waals surface area contributed by atoms with Gasteiger partial charge in [-0.1, -0.05) is 0 Å². The molecule has 2 fully saturated rings. The van der Waals surface area contributed by atoms with Gasteiger partial charge in [-0.3, -0.25) is 9.69 Å². The van der Waals surface area contributed by atoms with Gasteiger partial charge in [0, 0.05) is 12.1 Å². The third kappa shape index (κ3) is 3.47. The summed E-state index contributed by atoms with van der Waals surface area (Å²) in [6.07, 6.45) is 0.272. The Bertz CT molecular complexity index is 418. The lowest BCUT2D eigenvalue weighted by molar-refractivity contribution is -0.135. The average molecular weight is 299 g/mol. The fraction of sp³-hybridized carbons (Fsp3) is 0.857. The van der Waals surface area contributed by atoms with Crippen LogP contribution in [0.15, 0.2) is 0 Å². The Morgan fingerprint density at radius 2 is 1.81 bits per heavy atom. The maximum absolute atomic E-state index is 12.1. The molecule has 7 heteroatoms. The van der Waals surface area contributed by atoms with Crippen molar-refractivity contribution in [3.05, 3.63) is 0 Å². The van der Waals surface area contributed by atoms with Crippen LogP contribution in [0.1, 0.15) is 33.6 Å². The van der Waals surface area contributed by atoms with E-state index in [1.165, 1.54) is 0 Å². The zero-order valence-corrected chi connectivity index (χ0v) is 13.1. The number of likely N-dealkylation sites (N-methyl/N-ethyl adjacent to an activating group) is 1. The van der Waals surface area contributed by atoms with Crippen LogP contribution in [-0.2, 0) is 14.3 Å². The molecular weight excluding hydrogens is 274 g/mol. The van der Waals surface area contributed by atoms with Crippen molar-refractivity contribution in [1.82, 2.24) is 10.2 Å². The van der Waals surface area contributed by atoms with E-state index in [9.17, 15) is 9.59 Å². The highest BCUT2D eigenvalue weighted by molar-refractivity contribution is 5.89. The topological polar surface area (TPSA) is 93.9 Å². The molecule has 0 saturated carbocycles. The standard InChI is InChI=1S/C14H25N3O4/c1-13(2,3)21-12(19)16-14(11(15)18)5-9-7-20-8-10(6-14)17(9)4/h9-10H,5-8H2,1-4H3,(H2,15,18)(H,16,19). The summed E-state index contributed by atoms with van der Waals surface area (Å²) in [7, 11) is 2.01. The van der Waals surface area contributed by atoms with Crippen molar-refractivity contribution in [1.29, 1.82) is 0 Å². The van der Waals surface area contributed by atoms with E-state index < -0.39 is 23.1 Å². The summed E-state index contributed by atoms with van der Waals surface area (Å²) < 4.78 is 10.8. The molecule has 2 heterocycles. The van der Waals surface area contributed by atoms with E-state index in [1.807, 2.05) is 7.05 Å². The molecule has 2 rings (SSSR count). The lowest BCUT2D eigenvalue weighted by Crippen LogP contribution is -2.69. The van der Waals surface area contributed by atoms with Crippen LogP contribution in [0.2, 0.25) is 0 Å². The number of ether oxygens (including phenoxy) is 2. The summed E-state index contributed by atoms with van der Waals surface area (Å²) in [4.78, 5) is 26.3. The Balaban J connectivity index is 2.15. The molecular formula is C14H25N3O4. The van der Waals surface area contributed by atoms with Gasteiger partial charge in [0.2, 0.25) is 5.91 Å². The highest BCUT2D eigenvalue weighted by Gasteiger charge is 2.50. The monoisotopic (exact) mass is 299 g/mol. The van der Waals surface area contributed by atoms with E-state index in [0.29, 0.717) is 26.1 Å². The van der Waals surface area contributed by atoms with Crippen LogP contribution >= 0.6 is 0 Å². The van der Waals surface area contributed by atoms with Crippen LogP contribution < -0.4 is 11.1 Å². The number of carbonyl (C=O) groups is 2. The first-order chi connectivity index (χ1) is 9.63. The molecule has 21 heavy (non-hydrogen) atoms. The lowest BCUT2D eigenvalue weighted by Gasteiger charge is -2.50. The fourth-order valence-electron chi connectivity index (χ4n) is 3.03. The number of hydrogen-bond donors (Lipinski definition) is 2. The van der Waals surface area contributed by atoms with Crippen molar-refractivity contribution in [2.24, 2.45) is 5.73 Å². The highest BCUT2D eigenvalue weighted by Crippen LogP contribution is 2.33. The summed E-state index contributed by atoms with van der Waals surface area (Å²) in [5.41, 5.74) is 3.92. The fourth-order valence-corrected chi connectivity index (χ4v) is 3.03. The number of alkyl carbamates (subject to hydrolysis) is 1. The number of rotatable bonds is 2. The van der Waals surface area contributed by atoms with Gasteiger partial charge in [-0.15, -0.1) is 0 Å². The van der Waals surface area contributed by atoms with Crippen molar-refractivity contribution < 1.29 is 19.1 Å². The third-order valence-electron chi connectivity index (χ3n) is 4.15. The van der Waals surface area contributed by atoms with Crippen molar-refractivity contribution in [2.75, 3.05) is 20.3 Å². The zero-order chi connectivity index (χ0) is 15.8. The van der Waals surface area contributed by atoms with Gasteiger partial charge in [-0.25, -0.2) is 4.79 Å². The molecule has 2 bridgehead atoms. The zero-order valence-electron chi connectivity index (χ0n) is 13.1. The molecule has 7 nitrogen and oxygen atoms in total. The van der Waals surface area contributed by atoms with Crippen LogP contribution in [0, 0.1) is 0 Å². The molecule has 2 aliphatic rings. The van der Waals surface area contributed by atoms with E-state index in [0.717, 1.165) is 0 Å². The minimum Gasteiger partial charge on any atom is -0.444 e. The molecule has 120 valence electrons. The van der Waals surface area contributed by atoms with Crippen LogP contribution in [0.25, 0.3) is 0 Å². The van der Waals surface area contributed by atoms with Crippen LogP contribution in [0.3, 0.4) is 0 Å². The van der Waals surface area contributed by atoms with Gasteiger partial charge in [0.05, 0.1) is 13.2 Å². The number of amides is 2. The van der Waals surface area contributed by atoms with Gasteiger partial charge in [0.1, 0.15) is 11.1 Å². The molecule has 0 radical (unpaired) electrons. The largest absolute Gasteiger partial charge is 0.444 e. The summed E-state index contributed by atoms with van der Waals surface area (Å²) >= 11 is 0. The smallest absolute Gasteiger partial charge is 0.408 e. The van der Waals surface area contributed by atoms with Crippen LogP contribution in [-0.4, -0.2) is 60.4 Å². The Hall–Kier alpha value is -1.34. The second-order valence-electron chi connectivity index (χ2n) is 6.99. The molecule has 0 aromatic heterocycles. The third-order valence-corrected chi connectivity index (χ3v) is 4.15. The second-order valence-corrected chi connectivity index (χ2v) is 6.99. The Labute approximate surface area is 125 Å². The minimum atomic E-state index is -1.06. The first kappa shape index (κ1) is 16.0. The SMILES string of the molecule is CN1C2COCC1CC(NC(=O)OC(C)(C)C)(C(N)=O)C2. The molecule has 3 N–H and O–H groups in total. The molecule has 0 spiro atoms. The minimum absolute atomic E-state index is 0.0694. The average Bonchev–Trinajstić information content (AvgIpc) is 2.27. The molecule has 2 unspecified atom stereocenters. The van der Waals surface area contributed by atoms with Crippen molar-refractivity contribution in [3.8, 4) is 0 Å². The number of morpholine rings is 1. The van der Waals surface area contributed by atoms with Gasteiger partial charge in [-0.2, -0.15) is 0 Å². The molecule has 0 aromatic rings. The van der Waals surface area contributed by atoms with Gasteiger partial charge < -0.3 is 20.5 Å². The summed E-state index contributed by atoms with van der Waals surface area (Å²) in [5.74, 6) is -0.515. The molecule has 0 aromatic carbocycles. The first-order valence-electron chi connectivity index (χ1n) is 7.24. The quantitative estimate of drug-likeness (QED) is 0.761. The van der Waals surface area contributed by atoms with E-state index >= 15 is 0 Å². The van der Waals surface area contributed by atoms with E-state index in [1.54, 1.807) is 20.8 Å². The lowest BCUT2D eigenvalue weighted by atomic mass is 9.78. The number of piperidine rings is 1. The summed E-state index contributed by atoms with van der Waals surface area (Å²) in [5, 5.41) is 2.72. The maximum Gasteiger partial charge on any atom is 0.408 e. The van der Waals surface area contributed by atoms with Gasteiger partial charge in [0.25, 0.3) is 0 Å². The van der Waals surface area contributed by atoms with E-state index in [-0.39, 0.29) is 12.1 Å². The highest BCUT2D eigenvalue weighted by atomic mass is 16.6. The number of fused-ring (bicyclic) bond motifs is 2. The normalized spacial score (nSPS) is 33.3. The number of carbonyl (C=O) groups excluding carboxylic acids is 2. The van der Waals surface area contributed by atoms with Gasteiger partial charge in [0.15, 0.2) is 0 Å². The number of nitrogens with zero attached hydrogens (tertiary/aromatic N) is 1. The Kier molecular flexibility index (Phi) is 4.17. The van der Waals surface area contributed by atoms with Crippen molar-refractivity contribution >= 4 is 12.0 Å². The Morgan fingerprint density at radius 1 is 1.29 bits per heavy atom. The Morgan fingerprint density at radius 3 is 2.24 bits per heavy atom. The molecule has 2 saturated heterocycles. The predicted molar refractivity (Wildman–Crippen MR) is 76.7 cm³/mol. The molecule has 2 aliphatic heterocycles. The second kappa shape index (κ2) is 5.46. The molecule has 2 atom stereocenters. The van der Waals surface area contributed by atoms with Crippen molar-refractivity contribution in [3.63, 3.8) is 0 Å². The summed E-state index contributed by atoms with van der Waals surface area (Å²) in [6, 6.07) is 0.139. The van der Waals surface area contributed by atoms with E-state index in [4.69, 9.17) is 15.2 Å². The van der Waals surface area contributed by atoms with Crippen LogP contribution in [0.4, 0.5) is 4.79 Å². The van der Waals surface area contributed by atoms with E-state index in [2.05, 4.69) is 10.2 Å². The summed E-state index contributed by atoms with van der Waals surface area (Å²) in [6.45, 7) is 6.41. The number of primary amides is 1. The number of nitrogens with one attached hydrogen (secondary N) is 1. The molecule has 0 aliphatic carbocycles. The maximum atomic E-state index is 12.1. The van der Waals surface area contributed by atoms with Gasteiger partial charge in [-0.05, 0) is 40.7 Å². The first-order valence-corrected chi connectivity index (χ1v) is 7.24. The number of nitrogens with two attached hydrogens (primary N) is 1. The van der Waals surface area contributed by atoms with Gasteiger partial charge >= 0.3 is 6.09 Å². The van der Waals surface area contributed by atoms with Crippen molar-refractivity contribution in [2.45, 2.75) is 56.8 Å². The number of hydrogen-bond acceptors (Lipinski definition) is 5. The molecule has 2 amide bonds. The van der Waals surface area contributed by atoms with Crippen LogP contribution in [0.5, 0.6) is 0 Å².